The Balaban J connectivity index is 0.999. The Bertz CT molecular complexity index is 3030. The molecule has 3 aliphatic carbocycles. The molecule has 3 heteroatoms. The van der Waals surface area contributed by atoms with Gasteiger partial charge in [0.05, 0.1) is 22.4 Å². The number of benzene rings is 8. The molecule has 0 fully saturated rings. The lowest BCUT2D eigenvalue weighted by molar-refractivity contribution is 0.661. The number of rotatable bonds is 4. The zero-order chi connectivity index (χ0) is 38.2. The van der Waals surface area contributed by atoms with Crippen molar-refractivity contribution in [2.75, 3.05) is 0 Å². The number of aromatic nitrogens is 2. The number of para-hydroxylation sites is 2. The predicted molar refractivity (Wildman–Crippen MR) is 241 cm³/mol. The molecule has 57 heavy (non-hydrogen) atoms. The first-order chi connectivity index (χ1) is 27.8. The third-order valence-corrected chi connectivity index (χ3v) is 15.6. The smallest absolute Gasteiger partial charge is 0.0979 e. The second kappa shape index (κ2) is 11.7. The van der Waals surface area contributed by atoms with E-state index in [0.717, 1.165) is 22.4 Å². The van der Waals surface area contributed by atoms with Crippen molar-refractivity contribution in [2.45, 2.75) is 38.5 Å². The summed E-state index contributed by atoms with van der Waals surface area (Å²) in [6.45, 7) is 9.55. The summed E-state index contributed by atoms with van der Waals surface area (Å²) in [4.78, 5) is 10.2. The van der Waals surface area contributed by atoms with Crippen LogP contribution in [-0.2, 0) is 10.8 Å². The number of nitrogens with zero attached hydrogens (tertiary/aromatic N) is 2. The molecule has 0 bridgehead atoms. The van der Waals surface area contributed by atoms with Crippen molar-refractivity contribution in [1.29, 1.82) is 0 Å². The van der Waals surface area contributed by atoms with Gasteiger partial charge in [0, 0.05) is 27.3 Å². The number of hydrogen-bond donors (Lipinski definition) is 0. The highest BCUT2D eigenvalue weighted by Gasteiger charge is 2.38. The van der Waals surface area contributed by atoms with E-state index in [1.165, 1.54) is 93.4 Å². The molecule has 0 aliphatic heterocycles. The van der Waals surface area contributed by atoms with Crippen LogP contribution >= 0.6 is 7.92 Å². The summed E-state index contributed by atoms with van der Waals surface area (Å²) >= 11 is 0. The Morgan fingerprint density at radius 3 is 1.39 bits per heavy atom. The predicted octanol–water partition coefficient (Wildman–Crippen LogP) is 12.5. The monoisotopic (exact) mass is 746 g/mol. The molecule has 2 nitrogen and oxygen atoms in total. The van der Waals surface area contributed by atoms with Crippen molar-refractivity contribution in [3.05, 3.63) is 186 Å². The van der Waals surface area contributed by atoms with Gasteiger partial charge in [-0.05, 0) is 109 Å². The van der Waals surface area contributed by atoms with Crippen molar-refractivity contribution in [3.63, 3.8) is 0 Å². The van der Waals surface area contributed by atoms with Crippen molar-refractivity contribution in [3.8, 4) is 55.9 Å². The van der Waals surface area contributed by atoms with Gasteiger partial charge in [0.15, 0.2) is 0 Å². The third kappa shape index (κ3) is 4.57. The Morgan fingerprint density at radius 2 is 0.807 bits per heavy atom. The summed E-state index contributed by atoms with van der Waals surface area (Å²) in [5.74, 6) is 0. The lowest BCUT2D eigenvalue weighted by Crippen LogP contribution is -2.24. The molecule has 3 aliphatic rings. The van der Waals surface area contributed by atoms with Crippen LogP contribution in [0, 0.1) is 0 Å². The van der Waals surface area contributed by atoms with Gasteiger partial charge in [-0.2, -0.15) is 0 Å². The molecule has 12 rings (SSSR count). The molecule has 0 N–H and O–H groups in total. The van der Waals surface area contributed by atoms with E-state index >= 15 is 0 Å². The van der Waals surface area contributed by atoms with Gasteiger partial charge in [-0.15, -0.1) is 0 Å². The summed E-state index contributed by atoms with van der Waals surface area (Å²) in [7, 11) is -0.874. The molecule has 1 heterocycles. The molecule has 0 unspecified atom stereocenters. The fourth-order valence-corrected chi connectivity index (χ4v) is 12.6. The van der Waals surface area contributed by atoms with Crippen LogP contribution in [0.4, 0.5) is 0 Å². The maximum atomic E-state index is 5.11. The summed E-state index contributed by atoms with van der Waals surface area (Å²) in [5, 5.41) is 6.62. The minimum absolute atomic E-state index is 0.0679. The van der Waals surface area contributed by atoms with E-state index in [9.17, 15) is 0 Å². The van der Waals surface area contributed by atoms with Crippen LogP contribution in [0.25, 0.3) is 77.7 Å². The molecule has 0 atom stereocenters. The maximum absolute atomic E-state index is 5.11. The molecule has 8 aromatic carbocycles. The lowest BCUT2D eigenvalue weighted by atomic mass is 9.82. The van der Waals surface area contributed by atoms with Gasteiger partial charge in [0.2, 0.25) is 0 Å². The van der Waals surface area contributed by atoms with Gasteiger partial charge in [-0.1, -0.05) is 167 Å². The molecule has 0 saturated carbocycles. The van der Waals surface area contributed by atoms with E-state index in [1.807, 2.05) is 12.1 Å². The van der Waals surface area contributed by atoms with Gasteiger partial charge in [-0.3, -0.25) is 0 Å². The highest BCUT2D eigenvalue weighted by atomic mass is 31.1. The molecule has 0 amide bonds. The molecule has 1 aromatic heterocycles. The first kappa shape index (κ1) is 33.0. The van der Waals surface area contributed by atoms with Crippen LogP contribution < -0.4 is 15.9 Å². The quantitative estimate of drug-likeness (QED) is 0.168. The Labute approximate surface area is 334 Å². The fourth-order valence-electron chi connectivity index (χ4n) is 10.3. The van der Waals surface area contributed by atoms with E-state index < -0.39 is 7.92 Å². The minimum atomic E-state index is -0.874. The Hall–Kier alpha value is -6.21. The van der Waals surface area contributed by atoms with Crippen molar-refractivity contribution >= 4 is 45.6 Å². The molecule has 0 spiro atoms. The number of hydrogen-bond acceptors (Lipinski definition) is 2. The van der Waals surface area contributed by atoms with Crippen LogP contribution in [0.5, 0.6) is 0 Å². The van der Waals surface area contributed by atoms with Crippen LogP contribution in [0.2, 0.25) is 0 Å². The fraction of sp³-hybridized carbons (Fsp3) is 0.111. The molecular formula is C54H39N2P. The van der Waals surface area contributed by atoms with Gasteiger partial charge in [0.25, 0.3) is 0 Å². The normalized spacial score (nSPS) is 14.8. The first-order valence-corrected chi connectivity index (χ1v) is 21.3. The van der Waals surface area contributed by atoms with E-state index in [2.05, 4.69) is 179 Å². The zero-order valence-corrected chi connectivity index (χ0v) is 33.3. The average Bonchev–Trinajstić information content (AvgIpc) is 3.77. The SMILES string of the molecule is CC1(C)c2ccccc2-c2ccc(P(c3ccc(-c4ccc5c6c(cccc46)-c4nc6ccccc6nc4-5)cc3)c3ccc4c(c3)C(C)(C)c3ccccc3-4)cc21. The van der Waals surface area contributed by atoms with Gasteiger partial charge < -0.3 is 0 Å². The summed E-state index contributed by atoms with van der Waals surface area (Å²) in [6.07, 6.45) is 0. The Morgan fingerprint density at radius 1 is 0.368 bits per heavy atom. The highest BCUT2D eigenvalue weighted by molar-refractivity contribution is 7.79. The molecule has 0 radical (unpaired) electrons. The summed E-state index contributed by atoms with van der Waals surface area (Å²) < 4.78 is 0. The van der Waals surface area contributed by atoms with Gasteiger partial charge in [-0.25, -0.2) is 9.97 Å². The second-order valence-electron chi connectivity index (χ2n) is 17.0. The van der Waals surface area contributed by atoms with Crippen molar-refractivity contribution in [2.24, 2.45) is 0 Å². The van der Waals surface area contributed by atoms with Gasteiger partial charge >= 0.3 is 0 Å². The largest absolute Gasteiger partial charge is 0.244 e. The van der Waals surface area contributed by atoms with Crippen LogP contribution in [0.1, 0.15) is 49.9 Å². The molecule has 0 saturated heterocycles. The number of fused-ring (bicyclic) bond motifs is 10. The Kier molecular flexibility index (Phi) is 6.75. The zero-order valence-electron chi connectivity index (χ0n) is 32.4. The molecular weight excluding hydrogens is 708 g/mol. The molecule has 270 valence electrons. The summed E-state index contributed by atoms with van der Waals surface area (Å²) in [6, 6.07) is 61.5. The van der Waals surface area contributed by atoms with Crippen molar-refractivity contribution < 1.29 is 0 Å². The summed E-state index contributed by atoms with van der Waals surface area (Å²) in [5.41, 5.74) is 19.6. The second-order valence-corrected chi connectivity index (χ2v) is 19.2. The minimum Gasteiger partial charge on any atom is -0.244 e. The topological polar surface area (TPSA) is 25.8 Å². The standard InChI is InChI=1S/C54H39N2P/c1-53(2)44-16-7-5-12-37(44)39-26-24-34(30-46(39)53)57(35-25-27-40-38-13-6-8-17-45(38)54(3,4)47(40)31-35)33-22-20-32(21-23-33)36-28-29-43-50-41(36)14-11-15-42(50)51-52(43)56-49-19-10-9-18-48(49)55-51/h5-31H,1-4H3. The van der Waals surface area contributed by atoms with Crippen LogP contribution in [0.15, 0.2) is 164 Å². The molecule has 9 aromatic rings. The van der Waals surface area contributed by atoms with E-state index in [0.29, 0.717) is 0 Å². The van der Waals surface area contributed by atoms with E-state index in [-0.39, 0.29) is 10.8 Å². The first-order valence-electron chi connectivity index (χ1n) is 20.0. The van der Waals surface area contributed by atoms with E-state index in [1.54, 1.807) is 0 Å². The van der Waals surface area contributed by atoms with E-state index in [4.69, 9.17) is 9.97 Å². The van der Waals surface area contributed by atoms with Crippen LogP contribution in [-0.4, -0.2) is 9.97 Å². The van der Waals surface area contributed by atoms with Gasteiger partial charge in [0.1, 0.15) is 0 Å². The maximum Gasteiger partial charge on any atom is 0.0979 e. The third-order valence-electron chi connectivity index (χ3n) is 13.2. The average molecular weight is 747 g/mol. The van der Waals surface area contributed by atoms with Crippen LogP contribution in [0.3, 0.4) is 0 Å². The lowest BCUT2D eigenvalue weighted by Gasteiger charge is -2.26. The van der Waals surface area contributed by atoms with Crippen molar-refractivity contribution in [1.82, 2.24) is 9.97 Å². The highest BCUT2D eigenvalue weighted by Crippen LogP contribution is 2.52.